The number of hydrogen-bond donors (Lipinski definition) is 1. The van der Waals surface area contributed by atoms with Crippen LogP contribution in [0.25, 0.3) is 0 Å². The molecule has 2 atom stereocenters. The van der Waals surface area contributed by atoms with E-state index in [4.69, 9.17) is 9.47 Å². The van der Waals surface area contributed by atoms with Gasteiger partial charge in [0.1, 0.15) is 17.1 Å². The van der Waals surface area contributed by atoms with Crippen molar-refractivity contribution in [2.24, 2.45) is 0 Å². The molecule has 0 unspecified atom stereocenters. The minimum absolute atomic E-state index is 0.0880. The van der Waals surface area contributed by atoms with Crippen LogP contribution in [-0.2, 0) is 4.79 Å². The van der Waals surface area contributed by atoms with Crippen LogP contribution in [0.15, 0.2) is 42.5 Å². The average molecular weight is 367 g/mol. The molecule has 4 nitrogen and oxygen atoms in total. The molecular weight excluding hydrogens is 338 g/mol. The number of carbonyl (C=O) groups is 1. The molecule has 4 heteroatoms. The number of hydrogen-bond acceptors (Lipinski definition) is 3. The van der Waals surface area contributed by atoms with Crippen LogP contribution in [0.3, 0.4) is 0 Å². The van der Waals surface area contributed by atoms with Crippen molar-refractivity contribution in [1.82, 2.24) is 5.32 Å². The fourth-order valence-corrected chi connectivity index (χ4v) is 3.60. The van der Waals surface area contributed by atoms with E-state index in [-0.39, 0.29) is 17.6 Å². The first-order valence-corrected chi connectivity index (χ1v) is 9.61. The van der Waals surface area contributed by atoms with Gasteiger partial charge in [0.2, 0.25) is 0 Å². The van der Waals surface area contributed by atoms with Crippen LogP contribution < -0.4 is 14.8 Å². The fourth-order valence-electron chi connectivity index (χ4n) is 3.60. The highest BCUT2D eigenvalue weighted by Gasteiger charge is 2.35. The quantitative estimate of drug-likeness (QED) is 0.819. The SMILES string of the molecule is CC[C@@H](Oc1ccc(C)cc1C)C(=O)N[C@@H]1CC(C)(C)Oc2ccccc21. The van der Waals surface area contributed by atoms with Gasteiger partial charge in [-0.25, -0.2) is 0 Å². The maximum Gasteiger partial charge on any atom is 0.261 e. The van der Waals surface area contributed by atoms with Crippen LogP contribution in [0.4, 0.5) is 0 Å². The topological polar surface area (TPSA) is 47.6 Å². The van der Waals surface area contributed by atoms with Crippen molar-refractivity contribution in [3.05, 3.63) is 59.2 Å². The Morgan fingerprint density at radius 3 is 2.70 bits per heavy atom. The Hall–Kier alpha value is -2.49. The van der Waals surface area contributed by atoms with Gasteiger partial charge in [0.15, 0.2) is 6.10 Å². The van der Waals surface area contributed by atoms with E-state index in [0.29, 0.717) is 6.42 Å². The molecule has 144 valence electrons. The van der Waals surface area contributed by atoms with Crippen molar-refractivity contribution in [3.63, 3.8) is 0 Å². The first-order valence-electron chi connectivity index (χ1n) is 9.61. The minimum atomic E-state index is -0.524. The van der Waals surface area contributed by atoms with Gasteiger partial charge in [-0.2, -0.15) is 0 Å². The number of para-hydroxylation sites is 1. The number of rotatable bonds is 5. The summed E-state index contributed by atoms with van der Waals surface area (Å²) in [7, 11) is 0. The molecule has 2 aromatic rings. The van der Waals surface area contributed by atoms with Crippen molar-refractivity contribution in [3.8, 4) is 11.5 Å². The van der Waals surface area contributed by atoms with E-state index in [1.165, 1.54) is 5.56 Å². The summed E-state index contributed by atoms with van der Waals surface area (Å²) in [5.41, 5.74) is 2.91. The Labute approximate surface area is 161 Å². The Morgan fingerprint density at radius 1 is 1.26 bits per heavy atom. The molecule has 1 aliphatic heterocycles. The first kappa shape index (κ1) is 19.3. The third-order valence-corrected chi connectivity index (χ3v) is 4.96. The van der Waals surface area contributed by atoms with Crippen molar-refractivity contribution in [1.29, 1.82) is 0 Å². The Balaban J connectivity index is 1.76. The lowest BCUT2D eigenvalue weighted by Crippen LogP contribution is -2.45. The number of amides is 1. The molecule has 0 bridgehead atoms. The van der Waals surface area contributed by atoms with Crippen LogP contribution in [0, 0.1) is 13.8 Å². The molecule has 3 rings (SSSR count). The van der Waals surface area contributed by atoms with Crippen LogP contribution >= 0.6 is 0 Å². The molecule has 0 aliphatic carbocycles. The highest BCUT2D eigenvalue weighted by atomic mass is 16.5. The molecule has 0 spiro atoms. The number of ether oxygens (including phenoxy) is 2. The highest BCUT2D eigenvalue weighted by Crippen LogP contribution is 2.39. The molecule has 0 saturated heterocycles. The second kappa shape index (κ2) is 7.63. The zero-order valence-corrected chi connectivity index (χ0v) is 16.8. The lowest BCUT2D eigenvalue weighted by Gasteiger charge is -2.38. The standard InChI is InChI=1S/C23H29NO3/c1-6-19(26-20-12-11-15(2)13-16(20)3)22(25)24-18-14-23(4,5)27-21-10-8-7-9-17(18)21/h7-13,18-19H,6,14H2,1-5H3,(H,24,25)/t18-,19-/m1/s1. The summed E-state index contributed by atoms with van der Waals surface area (Å²) in [6.45, 7) is 10.1. The van der Waals surface area contributed by atoms with Gasteiger partial charge in [-0.05, 0) is 51.8 Å². The number of aryl methyl sites for hydroxylation is 2. The molecule has 0 radical (unpaired) electrons. The van der Waals surface area contributed by atoms with Gasteiger partial charge in [0, 0.05) is 12.0 Å². The van der Waals surface area contributed by atoms with Crippen LogP contribution in [0.1, 0.15) is 56.3 Å². The number of carbonyl (C=O) groups excluding carboxylic acids is 1. The van der Waals surface area contributed by atoms with E-state index in [9.17, 15) is 4.79 Å². The molecule has 1 aliphatic rings. The lowest BCUT2D eigenvalue weighted by atomic mass is 9.89. The van der Waals surface area contributed by atoms with E-state index in [1.807, 2.05) is 71.0 Å². The smallest absolute Gasteiger partial charge is 0.261 e. The lowest BCUT2D eigenvalue weighted by molar-refractivity contribution is -0.129. The van der Waals surface area contributed by atoms with Crippen LogP contribution in [0.5, 0.6) is 11.5 Å². The van der Waals surface area contributed by atoms with E-state index in [1.54, 1.807) is 0 Å². The van der Waals surface area contributed by atoms with Crippen molar-refractivity contribution in [2.75, 3.05) is 0 Å². The fraction of sp³-hybridized carbons (Fsp3) is 0.435. The normalized spacial score (nSPS) is 18.8. The van der Waals surface area contributed by atoms with Crippen molar-refractivity contribution in [2.45, 2.75) is 65.2 Å². The monoisotopic (exact) mass is 367 g/mol. The maximum atomic E-state index is 13.0. The summed E-state index contributed by atoms with van der Waals surface area (Å²) in [6, 6.07) is 13.8. The minimum Gasteiger partial charge on any atom is -0.487 e. The summed E-state index contributed by atoms with van der Waals surface area (Å²) >= 11 is 0. The first-order chi connectivity index (χ1) is 12.8. The summed E-state index contributed by atoms with van der Waals surface area (Å²) in [5.74, 6) is 1.51. The summed E-state index contributed by atoms with van der Waals surface area (Å²) in [4.78, 5) is 13.0. The second-order valence-corrected chi connectivity index (χ2v) is 7.95. The molecule has 27 heavy (non-hydrogen) atoms. The van der Waals surface area contributed by atoms with Crippen molar-refractivity contribution >= 4 is 5.91 Å². The third kappa shape index (κ3) is 4.44. The predicted molar refractivity (Wildman–Crippen MR) is 107 cm³/mol. The molecule has 1 amide bonds. The van der Waals surface area contributed by atoms with Gasteiger partial charge >= 0.3 is 0 Å². The van der Waals surface area contributed by atoms with Gasteiger partial charge in [-0.1, -0.05) is 42.8 Å². The average Bonchev–Trinajstić information content (AvgIpc) is 2.60. The predicted octanol–water partition coefficient (Wildman–Crippen LogP) is 4.88. The highest BCUT2D eigenvalue weighted by molar-refractivity contribution is 5.81. The summed E-state index contributed by atoms with van der Waals surface area (Å²) < 4.78 is 12.1. The molecule has 1 N–H and O–H groups in total. The number of nitrogens with one attached hydrogen (secondary N) is 1. The van der Waals surface area contributed by atoms with Crippen molar-refractivity contribution < 1.29 is 14.3 Å². The molecule has 0 aromatic heterocycles. The molecule has 0 saturated carbocycles. The van der Waals surface area contributed by atoms with Gasteiger partial charge in [-0.15, -0.1) is 0 Å². The summed E-state index contributed by atoms with van der Waals surface area (Å²) in [6.07, 6.45) is 0.799. The molecule has 1 heterocycles. The van der Waals surface area contributed by atoms with Crippen LogP contribution in [0.2, 0.25) is 0 Å². The van der Waals surface area contributed by atoms with E-state index in [2.05, 4.69) is 11.4 Å². The largest absolute Gasteiger partial charge is 0.487 e. The molecular formula is C23H29NO3. The van der Waals surface area contributed by atoms with Gasteiger partial charge in [0.05, 0.1) is 6.04 Å². The second-order valence-electron chi connectivity index (χ2n) is 7.95. The van der Waals surface area contributed by atoms with E-state index >= 15 is 0 Å². The maximum absolute atomic E-state index is 13.0. The number of fused-ring (bicyclic) bond motifs is 1. The van der Waals surface area contributed by atoms with Crippen LogP contribution in [-0.4, -0.2) is 17.6 Å². The Kier molecular flexibility index (Phi) is 5.45. The summed E-state index contributed by atoms with van der Waals surface area (Å²) in [5, 5.41) is 3.19. The van der Waals surface area contributed by atoms with E-state index in [0.717, 1.165) is 29.0 Å². The third-order valence-electron chi connectivity index (χ3n) is 4.96. The van der Waals surface area contributed by atoms with Gasteiger partial charge in [-0.3, -0.25) is 4.79 Å². The number of benzene rings is 2. The van der Waals surface area contributed by atoms with E-state index < -0.39 is 6.10 Å². The zero-order valence-electron chi connectivity index (χ0n) is 16.8. The molecule has 0 fully saturated rings. The van der Waals surface area contributed by atoms with Gasteiger partial charge < -0.3 is 14.8 Å². The van der Waals surface area contributed by atoms with Gasteiger partial charge in [0.25, 0.3) is 5.91 Å². The zero-order chi connectivity index (χ0) is 19.6. The molecule has 2 aromatic carbocycles. The Bertz CT molecular complexity index is 828. The Morgan fingerprint density at radius 2 is 2.00 bits per heavy atom.